The normalized spacial score (nSPS) is 13.6. The highest BCUT2D eigenvalue weighted by Gasteiger charge is 2.24. The lowest BCUT2D eigenvalue weighted by molar-refractivity contribution is -0.151. The molecular weight excluding hydrogens is 815 g/mol. The summed E-state index contributed by atoms with van der Waals surface area (Å²) < 4.78 is 5.93. The maximum Gasteiger partial charge on any atom is 0.306 e. The summed E-state index contributed by atoms with van der Waals surface area (Å²) >= 11 is 0. The summed E-state index contributed by atoms with van der Waals surface area (Å²) in [6.07, 6.45) is 67.2. The predicted molar refractivity (Wildman–Crippen MR) is 287 cm³/mol. The van der Waals surface area contributed by atoms with Gasteiger partial charge in [0.15, 0.2) is 0 Å². The van der Waals surface area contributed by atoms with Crippen LogP contribution in [0.2, 0.25) is 0 Å². The van der Waals surface area contributed by atoms with E-state index in [0.717, 1.165) is 77.0 Å². The highest BCUT2D eigenvalue weighted by Crippen LogP contribution is 2.18. The van der Waals surface area contributed by atoms with E-state index >= 15 is 0 Å². The molecule has 0 bridgehead atoms. The third-order valence-electron chi connectivity index (χ3n) is 12.9. The van der Waals surface area contributed by atoms with Crippen LogP contribution in [0.5, 0.6) is 0 Å². The lowest BCUT2D eigenvalue weighted by atomic mass is 10.0. The molecule has 66 heavy (non-hydrogen) atoms. The number of allylic oxidation sites excluding steroid dienone is 10. The molecule has 6 heteroatoms. The number of carbonyl (C=O) groups excluding carboxylic acids is 2. The number of hydrogen-bond acceptors (Lipinski definition) is 5. The standard InChI is InChI=1S/C60H109NO5/c1-4-7-10-13-16-19-22-25-28-30-32-35-38-41-44-47-50-53-60(65)66-56(51-48-45-42-39-36-33-27-24-21-18-15-12-9-6-3)54-59(64)61-57(55-62)58(63)52-49-46-43-40-37-34-31-29-26-23-20-17-14-11-8-5-2/h7,10,16,19,25,28,32,35,41,44,56-58,62-63H,4-6,8-9,11-15,17-18,20-24,26-27,29-31,33-34,36-40,42-43,45-55H2,1-3H3,(H,61,64)/b10-7-,19-16-,28-25-,35-32-,44-41-. The van der Waals surface area contributed by atoms with Gasteiger partial charge in [-0.3, -0.25) is 9.59 Å². The molecule has 0 saturated heterocycles. The maximum atomic E-state index is 13.3. The molecule has 6 nitrogen and oxygen atoms in total. The smallest absolute Gasteiger partial charge is 0.306 e. The molecule has 0 aromatic rings. The number of ether oxygens (including phenoxy) is 1. The van der Waals surface area contributed by atoms with Gasteiger partial charge in [-0.05, 0) is 64.2 Å². The van der Waals surface area contributed by atoms with E-state index in [0.29, 0.717) is 25.7 Å². The van der Waals surface area contributed by atoms with Crippen molar-refractivity contribution >= 4 is 11.9 Å². The van der Waals surface area contributed by atoms with E-state index in [1.807, 2.05) is 0 Å². The molecule has 0 saturated carbocycles. The zero-order chi connectivity index (χ0) is 48.1. The van der Waals surface area contributed by atoms with Gasteiger partial charge in [-0.2, -0.15) is 0 Å². The number of carbonyl (C=O) groups is 2. The van der Waals surface area contributed by atoms with Crippen molar-refractivity contribution in [2.75, 3.05) is 6.61 Å². The van der Waals surface area contributed by atoms with Gasteiger partial charge in [0.2, 0.25) is 5.91 Å². The molecular formula is C60H109NO5. The molecule has 0 radical (unpaired) electrons. The number of rotatable bonds is 51. The Morgan fingerprint density at radius 1 is 0.455 bits per heavy atom. The van der Waals surface area contributed by atoms with Crippen molar-refractivity contribution in [2.45, 2.75) is 302 Å². The number of amides is 1. The van der Waals surface area contributed by atoms with Gasteiger partial charge in [-0.15, -0.1) is 0 Å². The lowest BCUT2D eigenvalue weighted by Gasteiger charge is -2.24. The number of aliphatic hydroxyl groups excluding tert-OH is 2. The summed E-state index contributed by atoms with van der Waals surface area (Å²) in [4.78, 5) is 26.2. The van der Waals surface area contributed by atoms with Gasteiger partial charge in [0.25, 0.3) is 0 Å². The molecule has 3 unspecified atom stereocenters. The Labute approximate surface area is 409 Å². The number of hydrogen-bond donors (Lipinski definition) is 3. The van der Waals surface area contributed by atoms with Gasteiger partial charge in [-0.25, -0.2) is 0 Å². The molecule has 1 amide bonds. The average Bonchev–Trinajstić information content (AvgIpc) is 3.31. The van der Waals surface area contributed by atoms with Crippen LogP contribution in [0.4, 0.5) is 0 Å². The predicted octanol–water partition coefficient (Wildman–Crippen LogP) is 17.6. The van der Waals surface area contributed by atoms with Crippen LogP contribution < -0.4 is 5.32 Å². The fourth-order valence-electron chi connectivity index (χ4n) is 8.59. The Kier molecular flexibility index (Phi) is 51.5. The summed E-state index contributed by atoms with van der Waals surface area (Å²) in [7, 11) is 0. The first-order valence-electron chi connectivity index (χ1n) is 28.5. The molecule has 0 fully saturated rings. The monoisotopic (exact) mass is 924 g/mol. The van der Waals surface area contributed by atoms with Crippen LogP contribution >= 0.6 is 0 Å². The molecule has 0 heterocycles. The first kappa shape index (κ1) is 63.6. The van der Waals surface area contributed by atoms with Gasteiger partial charge in [-0.1, -0.05) is 268 Å². The third-order valence-corrected chi connectivity index (χ3v) is 12.9. The molecule has 3 N–H and O–H groups in total. The van der Waals surface area contributed by atoms with E-state index in [2.05, 4.69) is 86.8 Å². The minimum atomic E-state index is -0.798. The summed E-state index contributed by atoms with van der Waals surface area (Å²) in [5, 5.41) is 23.9. The summed E-state index contributed by atoms with van der Waals surface area (Å²) in [5.74, 6) is -0.533. The highest BCUT2D eigenvalue weighted by molar-refractivity contribution is 5.77. The Morgan fingerprint density at radius 2 is 0.803 bits per heavy atom. The summed E-state index contributed by atoms with van der Waals surface area (Å²) in [5.41, 5.74) is 0. The molecule has 3 atom stereocenters. The molecule has 0 aliphatic heterocycles. The largest absolute Gasteiger partial charge is 0.462 e. The Bertz CT molecular complexity index is 1170. The van der Waals surface area contributed by atoms with Crippen LogP contribution in [0.1, 0.15) is 284 Å². The van der Waals surface area contributed by atoms with Crippen LogP contribution in [-0.4, -0.2) is 46.9 Å². The summed E-state index contributed by atoms with van der Waals surface area (Å²) in [6, 6.07) is -0.713. The van der Waals surface area contributed by atoms with Crippen molar-refractivity contribution in [2.24, 2.45) is 0 Å². The van der Waals surface area contributed by atoms with Crippen LogP contribution in [0, 0.1) is 0 Å². The molecule has 0 rings (SSSR count). The van der Waals surface area contributed by atoms with Crippen LogP contribution in [0.3, 0.4) is 0 Å². The Morgan fingerprint density at radius 3 is 1.18 bits per heavy atom. The van der Waals surface area contributed by atoms with E-state index in [-0.39, 0.29) is 24.9 Å². The van der Waals surface area contributed by atoms with E-state index in [1.165, 1.54) is 154 Å². The molecule has 0 aliphatic carbocycles. The average molecular weight is 925 g/mol. The van der Waals surface area contributed by atoms with Gasteiger partial charge in [0.1, 0.15) is 6.10 Å². The molecule has 0 aromatic carbocycles. The molecule has 0 aliphatic rings. The van der Waals surface area contributed by atoms with Gasteiger partial charge < -0.3 is 20.3 Å². The molecule has 384 valence electrons. The zero-order valence-corrected chi connectivity index (χ0v) is 43.8. The minimum absolute atomic E-state index is 0.0568. The van der Waals surface area contributed by atoms with Gasteiger partial charge >= 0.3 is 5.97 Å². The fraction of sp³-hybridized carbons (Fsp3) is 0.800. The quantitative estimate of drug-likeness (QED) is 0.0321. The van der Waals surface area contributed by atoms with Crippen molar-refractivity contribution in [3.8, 4) is 0 Å². The fourth-order valence-corrected chi connectivity index (χ4v) is 8.59. The SMILES string of the molecule is CC/C=C\C/C=C\C/C=C\C/C=C\C/C=C\CCCC(=O)OC(CCCCCCCCCCCCCCCC)CC(=O)NC(CO)C(O)CCCCCCCCCCCCCCCCCC. The van der Waals surface area contributed by atoms with E-state index in [9.17, 15) is 19.8 Å². The minimum Gasteiger partial charge on any atom is -0.462 e. The van der Waals surface area contributed by atoms with Crippen LogP contribution in [-0.2, 0) is 14.3 Å². The Hall–Kier alpha value is -2.44. The van der Waals surface area contributed by atoms with Crippen molar-refractivity contribution in [1.82, 2.24) is 5.32 Å². The van der Waals surface area contributed by atoms with Crippen LogP contribution in [0.25, 0.3) is 0 Å². The second-order valence-electron chi connectivity index (χ2n) is 19.3. The maximum absolute atomic E-state index is 13.3. The first-order valence-corrected chi connectivity index (χ1v) is 28.5. The molecule has 0 spiro atoms. The molecule has 0 aromatic heterocycles. The van der Waals surface area contributed by atoms with E-state index in [4.69, 9.17) is 4.74 Å². The lowest BCUT2D eigenvalue weighted by Crippen LogP contribution is -2.46. The van der Waals surface area contributed by atoms with E-state index in [1.54, 1.807) is 0 Å². The number of aliphatic hydroxyl groups is 2. The third kappa shape index (κ3) is 48.0. The second-order valence-corrected chi connectivity index (χ2v) is 19.3. The van der Waals surface area contributed by atoms with E-state index < -0.39 is 18.2 Å². The van der Waals surface area contributed by atoms with Crippen molar-refractivity contribution in [3.63, 3.8) is 0 Å². The highest BCUT2D eigenvalue weighted by atomic mass is 16.5. The second kappa shape index (κ2) is 53.5. The van der Waals surface area contributed by atoms with Gasteiger partial charge in [0.05, 0.1) is 25.2 Å². The zero-order valence-electron chi connectivity index (χ0n) is 43.8. The van der Waals surface area contributed by atoms with Crippen LogP contribution in [0.15, 0.2) is 60.8 Å². The Balaban J connectivity index is 4.61. The topological polar surface area (TPSA) is 95.9 Å². The number of esters is 1. The first-order chi connectivity index (χ1) is 32.5. The summed E-state index contributed by atoms with van der Waals surface area (Å²) in [6.45, 7) is 6.39. The van der Waals surface area contributed by atoms with Crippen molar-refractivity contribution < 1.29 is 24.5 Å². The van der Waals surface area contributed by atoms with Crippen molar-refractivity contribution in [1.29, 1.82) is 0 Å². The number of nitrogens with one attached hydrogen (secondary N) is 1. The number of unbranched alkanes of at least 4 members (excludes halogenated alkanes) is 29. The van der Waals surface area contributed by atoms with Crippen molar-refractivity contribution in [3.05, 3.63) is 60.8 Å². The van der Waals surface area contributed by atoms with Gasteiger partial charge in [0, 0.05) is 6.42 Å².